The van der Waals surface area contributed by atoms with Crippen molar-refractivity contribution in [3.63, 3.8) is 0 Å². The van der Waals surface area contributed by atoms with Crippen LogP contribution in [0.1, 0.15) is 20.8 Å². The van der Waals surface area contributed by atoms with Crippen LogP contribution < -0.4 is 4.84 Å². The standard InChI is InChI=1S/C8H11ClN2O2/c1-8(2,3)7(12)13-11-5-6(9)4-10-11/h4-5H,1-3H3. The first-order chi connectivity index (χ1) is 5.89. The summed E-state index contributed by atoms with van der Waals surface area (Å²) in [5.41, 5.74) is -0.543. The smallest absolute Gasteiger partial charge is 0.319 e. The number of halogens is 1. The predicted octanol–water partition coefficient (Wildman–Crippen LogP) is 1.54. The van der Waals surface area contributed by atoms with E-state index in [0.717, 1.165) is 4.85 Å². The minimum Gasteiger partial charge on any atom is -0.319 e. The van der Waals surface area contributed by atoms with E-state index in [-0.39, 0.29) is 5.97 Å². The lowest BCUT2D eigenvalue weighted by molar-refractivity contribution is -0.155. The molecule has 5 heteroatoms. The third-order valence-electron chi connectivity index (χ3n) is 1.32. The summed E-state index contributed by atoms with van der Waals surface area (Å²) in [5, 5.41) is 4.14. The van der Waals surface area contributed by atoms with E-state index in [1.54, 1.807) is 20.8 Å². The van der Waals surface area contributed by atoms with Crippen LogP contribution in [0.25, 0.3) is 0 Å². The summed E-state index contributed by atoms with van der Waals surface area (Å²) in [6.07, 6.45) is 2.82. The van der Waals surface area contributed by atoms with E-state index in [0.29, 0.717) is 5.02 Å². The lowest BCUT2D eigenvalue weighted by Crippen LogP contribution is -2.31. The summed E-state index contributed by atoms with van der Waals surface area (Å²) in [6, 6.07) is 0. The van der Waals surface area contributed by atoms with Crippen molar-refractivity contribution in [2.75, 3.05) is 0 Å². The molecular formula is C8H11ClN2O2. The molecule has 0 amide bonds. The van der Waals surface area contributed by atoms with Gasteiger partial charge in [-0.25, -0.2) is 4.79 Å². The quantitative estimate of drug-likeness (QED) is 0.694. The van der Waals surface area contributed by atoms with Crippen molar-refractivity contribution < 1.29 is 9.63 Å². The zero-order chi connectivity index (χ0) is 10.1. The normalized spacial score (nSPS) is 11.4. The van der Waals surface area contributed by atoms with E-state index in [2.05, 4.69) is 5.10 Å². The van der Waals surface area contributed by atoms with Crippen LogP contribution in [-0.2, 0) is 4.79 Å². The van der Waals surface area contributed by atoms with Crippen LogP contribution in [-0.4, -0.2) is 15.9 Å². The Morgan fingerprint density at radius 1 is 1.62 bits per heavy atom. The third kappa shape index (κ3) is 2.73. The van der Waals surface area contributed by atoms with Crippen molar-refractivity contribution in [2.24, 2.45) is 5.41 Å². The predicted molar refractivity (Wildman–Crippen MR) is 48.3 cm³/mol. The van der Waals surface area contributed by atoms with Crippen LogP contribution >= 0.6 is 11.6 Å². The molecule has 4 nitrogen and oxygen atoms in total. The van der Waals surface area contributed by atoms with Crippen molar-refractivity contribution in [1.82, 2.24) is 9.94 Å². The van der Waals surface area contributed by atoms with Crippen LogP contribution in [0.3, 0.4) is 0 Å². The summed E-state index contributed by atoms with van der Waals surface area (Å²) in [5.74, 6) is -0.354. The highest BCUT2D eigenvalue weighted by Crippen LogP contribution is 2.13. The Balaban J connectivity index is 2.65. The Morgan fingerprint density at radius 3 is 2.62 bits per heavy atom. The molecule has 1 heterocycles. The maximum absolute atomic E-state index is 11.3. The molecule has 1 aromatic rings. The molecule has 0 bridgehead atoms. The number of carbonyl (C=O) groups is 1. The Bertz CT molecular complexity index is 314. The molecule has 0 saturated heterocycles. The second kappa shape index (κ2) is 3.38. The van der Waals surface area contributed by atoms with E-state index in [1.165, 1.54) is 12.4 Å². The van der Waals surface area contributed by atoms with Crippen LogP contribution in [0, 0.1) is 5.41 Å². The number of hydrogen-bond donors (Lipinski definition) is 0. The fourth-order valence-corrected chi connectivity index (χ4v) is 0.683. The lowest BCUT2D eigenvalue weighted by atomic mass is 9.98. The Hall–Kier alpha value is -1.03. The molecule has 0 aliphatic rings. The molecule has 0 spiro atoms. The van der Waals surface area contributed by atoms with Gasteiger partial charge in [0.25, 0.3) is 0 Å². The molecule has 0 saturated carbocycles. The second-order valence-corrected chi connectivity index (χ2v) is 4.13. The minimum atomic E-state index is -0.543. The molecule has 1 rings (SSSR count). The SMILES string of the molecule is CC(C)(C)C(=O)On1cc(Cl)cn1. The molecule has 72 valence electrons. The maximum atomic E-state index is 11.3. The van der Waals surface area contributed by atoms with Gasteiger partial charge in [-0.2, -0.15) is 0 Å². The zero-order valence-corrected chi connectivity index (χ0v) is 8.50. The molecule has 0 aliphatic carbocycles. The molecule has 0 fully saturated rings. The minimum absolute atomic E-state index is 0.354. The fraction of sp³-hybridized carbons (Fsp3) is 0.500. The molecule has 0 aromatic carbocycles. The Kier molecular flexibility index (Phi) is 2.61. The van der Waals surface area contributed by atoms with Gasteiger partial charge in [0.15, 0.2) is 0 Å². The van der Waals surface area contributed by atoms with Gasteiger partial charge < -0.3 is 4.84 Å². The maximum Gasteiger partial charge on any atom is 0.340 e. The topological polar surface area (TPSA) is 44.1 Å². The van der Waals surface area contributed by atoms with Gasteiger partial charge in [-0.3, -0.25) is 0 Å². The molecule has 1 aromatic heterocycles. The molecule has 0 aliphatic heterocycles. The number of aromatic nitrogens is 2. The van der Waals surface area contributed by atoms with E-state index < -0.39 is 5.41 Å². The highest BCUT2D eigenvalue weighted by molar-refractivity contribution is 6.30. The summed E-state index contributed by atoms with van der Waals surface area (Å²) in [7, 11) is 0. The molecule has 0 N–H and O–H groups in total. The van der Waals surface area contributed by atoms with Crippen molar-refractivity contribution in [2.45, 2.75) is 20.8 Å². The van der Waals surface area contributed by atoms with Gasteiger partial charge in [0.1, 0.15) is 0 Å². The summed E-state index contributed by atoms with van der Waals surface area (Å²) in [4.78, 5) is 17.3. The second-order valence-electron chi connectivity index (χ2n) is 3.69. The summed E-state index contributed by atoms with van der Waals surface area (Å²) < 4.78 is 0. The van der Waals surface area contributed by atoms with Gasteiger partial charge in [0, 0.05) is 0 Å². The largest absolute Gasteiger partial charge is 0.340 e. The Morgan fingerprint density at radius 2 is 2.23 bits per heavy atom. The van der Waals surface area contributed by atoms with Crippen molar-refractivity contribution in [3.8, 4) is 0 Å². The van der Waals surface area contributed by atoms with Crippen LogP contribution in [0.15, 0.2) is 12.4 Å². The van der Waals surface area contributed by atoms with Gasteiger partial charge in [0.05, 0.1) is 22.8 Å². The van der Waals surface area contributed by atoms with Crippen LogP contribution in [0.4, 0.5) is 0 Å². The molecule has 0 unspecified atom stereocenters. The zero-order valence-electron chi connectivity index (χ0n) is 7.74. The Labute approximate surface area is 81.4 Å². The van der Waals surface area contributed by atoms with Gasteiger partial charge >= 0.3 is 5.97 Å². The van der Waals surface area contributed by atoms with Crippen molar-refractivity contribution in [1.29, 1.82) is 0 Å². The van der Waals surface area contributed by atoms with Gasteiger partial charge in [-0.05, 0) is 20.8 Å². The molecule has 0 radical (unpaired) electrons. The van der Waals surface area contributed by atoms with E-state index in [1.807, 2.05) is 0 Å². The molecule has 13 heavy (non-hydrogen) atoms. The van der Waals surface area contributed by atoms with Gasteiger partial charge in [0.2, 0.25) is 0 Å². The third-order valence-corrected chi connectivity index (χ3v) is 1.51. The summed E-state index contributed by atoms with van der Waals surface area (Å²) >= 11 is 5.58. The fourth-order valence-electron chi connectivity index (χ4n) is 0.556. The first kappa shape index (κ1) is 10.1. The van der Waals surface area contributed by atoms with E-state index in [9.17, 15) is 4.79 Å². The number of nitrogens with zero attached hydrogens (tertiary/aromatic N) is 2. The first-order valence-corrected chi connectivity index (χ1v) is 4.20. The monoisotopic (exact) mass is 202 g/mol. The average molecular weight is 203 g/mol. The number of hydrogen-bond acceptors (Lipinski definition) is 3. The van der Waals surface area contributed by atoms with Gasteiger partial charge in [-0.15, -0.1) is 5.10 Å². The summed E-state index contributed by atoms with van der Waals surface area (Å²) in [6.45, 7) is 5.29. The van der Waals surface area contributed by atoms with Gasteiger partial charge in [-0.1, -0.05) is 16.4 Å². The van der Waals surface area contributed by atoms with E-state index >= 15 is 0 Å². The lowest BCUT2D eigenvalue weighted by Gasteiger charge is -2.14. The van der Waals surface area contributed by atoms with Crippen LogP contribution in [0.2, 0.25) is 5.02 Å². The highest BCUT2D eigenvalue weighted by Gasteiger charge is 2.24. The molecular weight excluding hydrogens is 192 g/mol. The van der Waals surface area contributed by atoms with Crippen LogP contribution in [0.5, 0.6) is 0 Å². The highest BCUT2D eigenvalue weighted by atomic mass is 35.5. The van der Waals surface area contributed by atoms with E-state index in [4.69, 9.17) is 16.4 Å². The van der Waals surface area contributed by atoms with Crippen molar-refractivity contribution >= 4 is 17.6 Å². The first-order valence-electron chi connectivity index (χ1n) is 3.82. The molecule has 0 atom stereocenters. The average Bonchev–Trinajstić information content (AvgIpc) is 2.33. The number of rotatable bonds is 1. The van der Waals surface area contributed by atoms with Crippen molar-refractivity contribution in [3.05, 3.63) is 17.4 Å². The number of carbonyl (C=O) groups excluding carboxylic acids is 1.